The second kappa shape index (κ2) is 11.0. The Balaban J connectivity index is 1.32. The third kappa shape index (κ3) is 5.42. The number of nitrogens with zero attached hydrogens (tertiary/aromatic N) is 5. The first kappa shape index (κ1) is 26.6. The Kier molecular flexibility index (Phi) is 7.47. The molecule has 5 rings (SSSR count). The average molecular weight is 574 g/mol. The van der Waals surface area contributed by atoms with Crippen LogP contribution in [-0.4, -0.2) is 72.0 Å². The van der Waals surface area contributed by atoms with Crippen molar-refractivity contribution in [2.45, 2.75) is 49.7 Å². The minimum absolute atomic E-state index is 0.0132. The van der Waals surface area contributed by atoms with Gasteiger partial charge >= 0.3 is 5.97 Å². The Labute approximate surface area is 230 Å². The smallest absolute Gasteiger partial charge is 0.352 e. The van der Waals surface area contributed by atoms with E-state index in [2.05, 4.69) is 19.8 Å². The molecule has 6 N–H and O–H groups in total. The molecule has 4 heterocycles. The molecule has 3 aliphatic rings. The Morgan fingerprint density at radius 3 is 2.59 bits per heavy atom. The van der Waals surface area contributed by atoms with E-state index in [9.17, 15) is 24.3 Å². The standard InChI is InChI=1S/C23H24N8O6S2/c24-17(32)11-5-7-30(8-6-11)9-12-10-38-21-15(20(34)31(21)16(12)22(35)36)26-19(33)14(18-27-23(25)39-29-18)28-37-13-3-1-2-4-13/h5-8,13,15,21H,1-4,9-10H2,(H5-,24,25,26,27,29,32,33,35,36)/p+1/b28-14-/t15?,21-/m1/s1. The van der Waals surface area contributed by atoms with Gasteiger partial charge in [0.1, 0.15) is 23.2 Å². The molecule has 2 aliphatic heterocycles. The number of nitrogen functional groups attached to an aromatic ring is 1. The van der Waals surface area contributed by atoms with Gasteiger partial charge in [-0.2, -0.15) is 9.36 Å². The number of anilines is 1. The van der Waals surface area contributed by atoms with Crippen LogP contribution in [0.15, 0.2) is 41.0 Å². The molecule has 1 unspecified atom stereocenters. The SMILES string of the molecule is NC(=O)c1cc[n+](CC2=C(C(=O)O)N3C(=O)C(NC(=O)/C(=N\OC4CCCC4)c4nsc(N)n4)[C@H]3SC2)cc1. The first-order chi connectivity index (χ1) is 18.7. The molecule has 0 aromatic carbocycles. The minimum Gasteiger partial charge on any atom is -0.477 e. The minimum atomic E-state index is -1.25. The fourth-order valence-corrected chi connectivity index (χ4v) is 6.37. The maximum Gasteiger partial charge on any atom is 0.352 e. The summed E-state index contributed by atoms with van der Waals surface area (Å²) in [5.41, 5.74) is 11.5. The van der Waals surface area contributed by atoms with Crippen LogP contribution in [0.3, 0.4) is 0 Å². The van der Waals surface area contributed by atoms with E-state index in [-0.39, 0.29) is 35.0 Å². The number of nitrogens with two attached hydrogens (primary N) is 2. The molecule has 2 aromatic rings. The van der Waals surface area contributed by atoms with Gasteiger partial charge in [0.25, 0.3) is 11.8 Å². The van der Waals surface area contributed by atoms with Gasteiger partial charge in [0.15, 0.2) is 24.1 Å². The van der Waals surface area contributed by atoms with Crippen LogP contribution in [0, 0.1) is 0 Å². The number of aliphatic carboxylic acids is 1. The highest BCUT2D eigenvalue weighted by atomic mass is 32.2. The van der Waals surface area contributed by atoms with Gasteiger partial charge in [0.2, 0.25) is 17.4 Å². The molecule has 16 heteroatoms. The number of amides is 3. The molecule has 1 aliphatic carbocycles. The number of hydrogen-bond acceptors (Lipinski definition) is 11. The zero-order chi connectivity index (χ0) is 27.7. The lowest BCUT2D eigenvalue weighted by molar-refractivity contribution is -0.689. The van der Waals surface area contributed by atoms with Gasteiger partial charge < -0.3 is 26.7 Å². The van der Waals surface area contributed by atoms with Crippen LogP contribution in [0.2, 0.25) is 0 Å². The number of carbonyl (C=O) groups is 4. The maximum atomic E-state index is 13.2. The summed E-state index contributed by atoms with van der Waals surface area (Å²) in [7, 11) is 0. The Morgan fingerprint density at radius 1 is 1.26 bits per heavy atom. The van der Waals surface area contributed by atoms with Crippen molar-refractivity contribution in [2.75, 3.05) is 11.5 Å². The number of carboxylic acids is 1. The number of primary amides is 1. The zero-order valence-electron chi connectivity index (χ0n) is 20.5. The third-order valence-corrected chi connectivity index (χ3v) is 8.43. The van der Waals surface area contributed by atoms with Crippen LogP contribution in [0.1, 0.15) is 41.9 Å². The molecule has 2 fully saturated rings. The summed E-state index contributed by atoms with van der Waals surface area (Å²) >= 11 is 2.23. The summed E-state index contributed by atoms with van der Waals surface area (Å²) in [6, 6.07) is 2.08. The largest absolute Gasteiger partial charge is 0.477 e. The monoisotopic (exact) mass is 573 g/mol. The number of nitrogens with one attached hydrogen (secondary N) is 1. The van der Waals surface area contributed by atoms with Crippen LogP contribution < -0.4 is 21.4 Å². The van der Waals surface area contributed by atoms with Gasteiger partial charge in [-0.1, -0.05) is 5.16 Å². The quantitative estimate of drug-likeness (QED) is 0.132. The molecular formula is C23H25N8O6S2+. The number of hydrogen-bond donors (Lipinski definition) is 4. The molecule has 2 aromatic heterocycles. The number of oxime groups is 1. The number of carboxylic acid groups (broad SMARTS) is 1. The number of rotatable bonds is 9. The second-order valence-electron chi connectivity index (χ2n) is 9.15. The van der Waals surface area contributed by atoms with Gasteiger partial charge in [0.05, 0.1) is 5.56 Å². The molecule has 39 heavy (non-hydrogen) atoms. The topological polar surface area (TPSA) is 207 Å². The molecule has 1 saturated heterocycles. The van der Waals surface area contributed by atoms with Crippen molar-refractivity contribution in [3.63, 3.8) is 0 Å². The first-order valence-corrected chi connectivity index (χ1v) is 13.9. The van der Waals surface area contributed by atoms with Crippen LogP contribution >= 0.6 is 23.3 Å². The van der Waals surface area contributed by atoms with Crippen molar-refractivity contribution in [3.05, 3.63) is 47.2 Å². The summed E-state index contributed by atoms with van der Waals surface area (Å²) in [5, 5.41) is 16.1. The molecule has 1 saturated carbocycles. The van der Waals surface area contributed by atoms with E-state index in [4.69, 9.17) is 16.3 Å². The summed E-state index contributed by atoms with van der Waals surface area (Å²) in [6.45, 7) is 0.188. The van der Waals surface area contributed by atoms with Crippen LogP contribution in [0.4, 0.5) is 5.13 Å². The Morgan fingerprint density at radius 2 is 1.97 bits per heavy atom. The molecule has 2 atom stereocenters. The molecular weight excluding hydrogens is 548 g/mol. The summed E-state index contributed by atoms with van der Waals surface area (Å²) in [6.07, 6.45) is 6.75. The second-order valence-corrected chi connectivity index (χ2v) is 11.0. The normalized spacial score (nSPS) is 21.4. The van der Waals surface area contributed by atoms with Crippen LogP contribution in [0.5, 0.6) is 0 Å². The molecule has 0 bridgehead atoms. The van der Waals surface area contributed by atoms with Crippen LogP contribution in [0.25, 0.3) is 0 Å². The Hall–Kier alpha value is -4.05. The van der Waals surface area contributed by atoms with E-state index in [0.717, 1.165) is 37.2 Å². The number of pyridine rings is 1. The van der Waals surface area contributed by atoms with E-state index >= 15 is 0 Å². The van der Waals surface area contributed by atoms with E-state index in [1.165, 1.54) is 28.8 Å². The van der Waals surface area contributed by atoms with Crippen molar-refractivity contribution in [2.24, 2.45) is 10.9 Å². The van der Waals surface area contributed by atoms with Crippen molar-refractivity contribution in [1.82, 2.24) is 19.6 Å². The lowest BCUT2D eigenvalue weighted by atomic mass is 10.0. The van der Waals surface area contributed by atoms with E-state index in [1.54, 1.807) is 17.0 Å². The van der Waals surface area contributed by atoms with E-state index < -0.39 is 35.1 Å². The van der Waals surface area contributed by atoms with Gasteiger partial charge in [-0.3, -0.25) is 19.3 Å². The number of fused-ring (bicyclic) bond motifs is 1. The first-order valence-electron chi connectivity index (χ1n) is 12.1. The molecule has 0 spiro atoms. The zero-order valence-corrected chi connectivity index (χ0v) is 22.1. The highest BCUT2D eigenvalue weighted by molar-refractivity contribution is 8.00. The van der Waals surface area contributed by atoms with Crippen molar-refractivity contribution < 1.29 is 33.7 Å². The molecule has 3 amide bonds. The van der Waals surface area contributed by atoms with E-state index in [1.807, 2.05) is 0 Å². The number of thioether (sulfide) groups is 1. The highest BCUT2D eigenvalue weighted by Gasteiger charge is 2.55. The van der Waals surface area contributed by atoms with Gasteiger partial charge in [-0.15, -0.1) is 11.8 Å². The predicted molar refractivity (Wildman–Crippen MR) is 139 cm³/mol. The summed E-state index contributed by atoms with van der Waals surface area (Å²) in [4.78, 5) is 60.6. The average Bonchev–Trinajstić information content (AvgIpc) is 3.59. The lowest BCUT2D eigenvalue weighted by Crippen LogP contribution is -2.71. The van der Waals surface area contributed by atoms with Crippen molar-refractivity contribution >= 4 is 57.8 Å². The van der Waals surface area contributed by atoms with Crippen LogP contribution in [-0.2, 0) is 25.8 Å². The number of carbonyl (C=O) groups excluding carboxylic acids is 3. The van der Waals surface area contributed by atoms with Gasteiger partial charge in [-0.25, -0.2) is 9.36 Å². The lowest BCUT2D eigenvalue weighted by Gasteiger charge is -2.49. The van der Waals surface area contributed by atoms with Crippen molar-refractivity contribution in [3.8, 4) is 0 Å². The van der Waals surface area contributed by atoms with Gasteiger partial charge in [0, 0.05) is 35.0 Å². The van der Waals surface area contributed by atoms with Crippen molar-refractivity contribution in [1.29, 1.82) is 0 Å². The number of β-lactam (4-membered cyclic amide) rings is 1. The highest BCUT2D eigenvalue weighted by Crippen LogP contribution is 2.40. The summed E-state index contributed by atoms with van der Waals surface area (Å²) in [5.74, 6) is -2.82. The maximum absolute atomic E-state index is 13.2. The Bertz CT molecular complexity index is 1390. The summed E-state index contributed by atoms with van der Waals surface area (Å²) < 4.78 is 5.74. The van der Waals surface area contributed by atoms with Gasteiger partial charge in [-0.05, 0) is 25.7 Å². The molecule has 0 radical (unpaired) electrons. The molecule has 204 valence electrons. The number of aromatic nitrogens is 3. The van der Waals surface area contributed by atoms with E-state index in [0.29, 0.717) is 16.9 Å². The fraction of sp³-hybridized carbons (Fsp3) is 0.391. The predicted octanol–water partition coefficient (Wildman–Crippen LogP) is -0.391. The molecule has 14 nitrogen and oxygen atoms in total. The third-order valence-electron chi connectivity index (χ3n) is 6.55. The fourth-order valence-electron chi connectivity index (χ4n) is 4.60.